The second-order valence-corrected chi connectivity index (χ2v) is 5.06. The third-order valence-corrected chi connectivity index (χ3v) is 3.75. The van der Waals surface area contributed by atoms with Crippen molar-refractivity contribution in [3.05, 3.63) is 35.4 Å². The van der Waals surface area contributed by atoms with Crippen LogP contribution in [0, 0.1) is 6.92 Å². The van der Waals surface area contributed by atoms with Crippen LogP contribution in [-0.2, 0) is 10.2 Å². The Morgan fingerprint density at radius 2 is 2.18 bits per heavy atom. The van der Waals surface area contributed by atoms with Gasteiger partial charge in [-0.05, 0) is 31.7 Å². The molecule has 17 heavy (non-hydrogen) atoms. The summed E-state index contributed by atoms with van der Waals surface area (Å²) in [6, 6.07) is 8.39. The molecule has 2 nitrogen and oxygen atoms in total. The molecule has 0 atom stereocenters. The van der Waals surface area contributed by atoms with Crippen molar-refractivity contribution in [3.63, 3.8) is 0 Å². The number of amides is 1. The fraction of sp³-hybridized carbons (Fsp3) is 0.533. The molecular formula is C15H21NO. The average Bonchev–Trinajstić information content (AvgIpc) is 2.25. The lowest BCUT2D eigenvalue weighted by Gasteiger charge is -2.41. The zero-order valence-corrected chi connectivity index (χ0v) is 10.8. The van der Waals surface area contributed by atoms with Crippen molar-refractivity contribution in [2.45, 2.75) is 44.9 Å². The molecule has 0 spiro atoms. The van der Waals surface area contributed by atoms with Crippen LogP contribution in [-0.4, -0.2) is 12.5 Å². The first-order valence-electron chi connectivity index (χ1n) is 6.54. The third kappa shape index (κ3) is 2.21. The maximum atomic E-state index is 12.3. The minimum absolute atomic E-state index is 0.219. The van der Waals surface area contributed by atoms with E-state index < -0.39 is 0 Å². The van der Waals surface area contributed by atoms with E-state index in [0.29, 0.717) is 0 Å². The van der Waals surface area contributed by atoms with Gasteiger partial charge in [0.2, 0.25) is 5.91 Å². The summed E-state index contributed by atoms with van der Waals surface area (Å²) < 4.78 is 0. The van der Waals surface area contributed by atoms with E-state index in [-0.39, 0.29) is 11.3 Å². The van der Waals surface area contributed by atoms with Crippen LogP contribution in [0.25, 0.3) is 0 Å². The van der Waals surface area contributed by atoms with Crippen molar-refractivity contribution in [3.8, 4) is 0 Å². The molecule has 1 aliphatic rings. The Morgan fingerprint density at radius 3 is 2.71 bits per heavy atom. The Hall–Kier alpha value is -1.31. The van der Waals surface area contributed by atoms with Crippen molar-refractivity contribution >= 4 is 5.91 Å². The van der Waals surface area contributed by atoms with E-state index in [0.717, 1.165) is 32.2 Å². The average molecular weight is 231 g/mol. The monoisotopic (exact) mass is 231 g/mol. The smallest absolute Gasteiger partial charge is 0.230 e. The molecule has 2 rings (SSSR count). The molecule has 1 aromatic rings. The highest BCUT2D eigenvalue weighted by Crippen LogP contribution is 2.44. The Balaban J connectivity index is 2.22. The standard InChI is InChI=1S/C15H21NO/c1-3-10-16-14(17)15(8-5-9-15)13-7-4-6-12(2)11-13/h4,6-7,11H,3,5,8-10H2,1-2H3,(H,16,17). The van der Waals surface area contributed by atoms with Crippen LogP contribution < -0.4 is 5.32 Å². The second-order valence-electron chi connectivity index (χ2n) is 5.06. The normalized spacial score (nSPS) is 17.3. The molecule has 1 aliphatic carbocycles. The van der Waals surface area contributed by atoms with Gasteiger partial charge in [-0.2, -0.15) is 0 Å². The van der Waals surface area contributed by atoms with E-state index in [2.05, 4.69) is 43.4 Å². The summed E-state index contributed by atoms with van der Waals surface area (Å²) in [5.41, 5.74) is 2.19. The van der Waals surface area contributed by atoms with Gasteiger partial charge >= 0.3 is 0 Å². The SMILES string of the molecule is CCCNC(=O)C1(c2cccc(C)c2)CCC1. The van der Waals surface area contributed by atoms with Gasteiger partial charge in [-0.25, -0.2) is 0 Å². The van der Waals surface area contributed by atoms with Crippen LogP contribution in [0.15, 0.2) is 24.3 Å². The van der Waals surface area contributed by atoms with Crippen molar-refractivity contribution in [2.24, 2.45) is 0 Å². The minimum Gasteiger partial charge on any atom is -0.355 e. The van der Waals surface area contributed by atoms with Gasteiger partial charge in [0.1, 0.15) is 0 Å². The molecule has 1 fully saturated rings. The number of nitrogens with one attached hydrogen (secondary N) is 1. The molecule has 1 saturated carbocycles. The van der Waals surface area contributed by atoms with Crippen LogP contribution >= 0.6 is 0 Å². The van der Waals surface area contributed by atoms with Crippen LogP contribution in [0.4, 0.5) is 0 Å². The molecule has 1 N–H and O–H groups in total. The predicted molar refractivity (Wildman–Crippen MR) is 70.0 cm³/mol. The first kappa shape index (κ1) is 12.2. The van der Waals surface area contributed by atoms with E-state index >= 15 is 0 Å². The maximum absolute atomic E-state index is 12.3. The number of rotatable bonds is 4. The first-order valence-corrected chi connectivity index (χ1v) is 6.54. The molecule has 0 unspecified atom stereocenters. The van der Waals surface area contributed by atoms with Gasteiger partial charge in [-0.1, -0.05) is 43.2 Å². The number of hydrogen-bond donors (Lipinski definition) is 1. The third-order valence-electron chi connectivity index (χ3n) is 3.75. The molecule has 0 heterocycles. The summed E-state index contributed by atoms with van der Waals surface area (Å²) in [7, 11) is 0. The van der Waals surface area contributed by atoms with Crippen LogP contribution in [0.2, 0.25) is 0 Å². The summed E-state index contributed by atoms with van der Waals surface area (Å²) in [5.74, 6) is 0.219. The fourth-order valence-corrected chi connectivity index (χ4v) is 2.53. The van der Waals surface area contributed by atoms with Crippen molar-refractivity contribution in [1.29, 1.82) is 0 Å². The minimum atomic E-state index is -0.235. The van der Waals surface area contributed by atoms with Gasteiger partial charge in [0.25, 0.3) is 0 Å². The molecule has 0 bridgehead atoms. The van der Waals surface area contributed by atoms with Crippen molar-refractivity contribution in [1.82, 2.24) is 5.32 Å². The van der Waals surface area contributed by atoms with Gasteiger partial charge < -0.3 is 5.32 Å². The lowest BCUT2D eigenvalue weighted by atomic mass is 9.63. The fourth-order valence-electron chi connectivity index (χ4n) is 2.53. The summed E-state index contributed by atoms with van der Waals surface area (Å²) in [4.78, 5) is 12.3. The van der Waals surface area contributed by atoms with E-state index in [1.807, 2.05) is 0 Å². The largest absolute Gasteiger partial charge is 0.355 e. The Morgan fingerprint density at radius 1 is 1.41 bits per heavy atom. The summed E-state index contributed by atoms with van der Waals surface area (Å²) in [6.45, 7) is 4.95. The molecule has 0 saturated heterocycles. The number of carbonyl (C=O) groups excluding carboxylic acids is 1. The second kappa shape index (κ2) is 4.91. The number of hydrogen-bond acceptors (Lipinski definition) is 1. The predicted octanol–water partition coefficient (Wildman–Crippen LogP) is 2.94. The van der Waals surface area contributed by atoms with Gasteiger partial charge in [0, 0.05) is 6.54 Å². The number of aryl methyl sites for hydroxylation is 1. The van der Waals surface area contributed by atoms with E-state index in [1.165, 1.54) is 11.1 Å². The Labute approximate surface area is 103 Å². The van der Waals surface area contributed by atoms with E-state index in [4.69, 9.17) is 0 Å². The van der Waals surface area contributed by atoms with Crippen LogP contribution in [0.5, 0.6) is 0 Å². The summed E-state index contributed by atoms with van der Waals surface area (Å²) in [6.07, 6.45) is 4.14. The highest BCUT2D eigenvalue weighted by Gasteiger charge is 2.45. The zero-order chi connectivity index (χ0) is 12.3. The van der Waals surface area contributed by atoms with E-state index in [9.17, 15) is 4.79 Å². The van der Waals surface area contributed by atoms with Crippen LogP contribution in [0.3, 0.4) is 0 Å². The molecule has 0 aliphatic heterocycles. The lowest BCUT2D eigenvalue weighted by Crippen LogP contribution is -2.49. The van der Waals surface area contributed by atoms with Gasteiger partial charge in [-0.3, -0.25) is 4.79 Å². The Kier molecular flexibility index (Phi) is 3.51. The maximum Gasteiger partial charge on any atom is 0.230 e. The topological polar surface area (TPSA) is 29.1 Å². The lowest BCUT2D eigenvalue weighted by molar-refractivity contribution is -0.129. The molecule has 0 aromatic heterocycles. The molecular weight excluding hydrogens is 210 g/mol. The molecule has 2 heteroatoms. The summed E-state index contributed by atoms with van der Waals surface area (Å²) in [5, 5.41) is 3.05. The highest BCUT2D eigenvalue weighted by atomic mass is 16.2. The number of benzene rings is 1. The molecule has 1 amide bonds. The van der Waals surface area contributed by atoms with Crippen molar-refractivity contribution < 1.29 is 4.79 Å². The van der Waals surface area contributed by atoms with Gasteiger partial charge in [-0.15, -0.1) is 0 Å². The van der Waals surface area contributed by atoms with Gasteiger partial charge in [0.15, 0.2) is 0 Å². The highest BCUT2D eigenvalue weighted by molar-refractivity contribution is 5.89. The zero-order valence-electron chi connectivity index (χ0n) is 10.8. The molecule has 92 valence electrons. The number of carbonyl (C=O) groups is 1. The molecule has 0 radical (unpaired) electrons. The van der Waals surface area contributed by atoms with Crippen LogP contribution in [0.1, 0.15) is 43.7 Å². The summed E-state index contributed by atoms with van der Waals surface area (Å²) >= 11 is 0. The Bertz CT molecular complexity index is 407. The quantitative estimate of drug-likeness (QED) is 0.848. The van der Waals surface area contributed by atoms with Crippen molar-refractivity contribution in [2.75, 3.05) is 6.54 Å². The molecule has 1 aromatic carbocycles. The first-order chi connectivity index (χ1) is 8.19. The van der Waals surface area contributed by atoms with E-state index in [1.54, 1.807) is 0 Å². The van der Waals surface area contributed by atoms with Gasteiger partial charge in [0.05, 0.1) is 5.41 Å².